The predicted molar refractivity (Wildman–Crippen MR) is 191 cm³/mol. The first-order chi connectivity index (χ1) is 22.7. The van der Waals surface area contributed by atoms with Crippen molar-refractivity contribution in [1.82, 2.24) is 19.6 Å². The fourth-order valence-corrected chi connectivity index (χ4v) is 9.08. The number of hydrogen-bond donors (Lipinski definition) is 1. The molecule has 47 heavy (non-hydrogen) atoms. The van der Waals surface area contributed by atoms with Gasteiger partial charge in [0.05, 0.1) is 0 Å². The topological polar surface area (TPSA) is 85.4 Å². The van der Waals surface area contributed by atoms with Crippen molar-refractivity contribution in [3.8, 4) is 0 Å². The minimum Gasteiger partial charge on any atom is -0.436 e. The van der Waals surface area contributed by atoms with E-state index in [1.165, 1.54) is 12.8 Å². The zero-order valence-electron chi connectivity index (χ0n) is 27.6. The molecular weight excluding hydrogens is 726 g/mol. The number of anilines is 1. The van der Waals surface area contributed by atoms with E-state index in [9.17, 15) is 14.4 Å². The third-order valence-electron chi connectivity index (χ3n) is 10.9. The summed E-state index contributed by atoms with van der Waals surface area (Å²) in [4.78, 5) is 48.7. The third kappa shape index (κ3) is 8.16. The molecule has 2 aromatic carbocycles. The van der Waals surface area contributed by atoms with Crippen LogP contribution in [-0.4, -0.2) is 103 Å². The zero-order chi connectivity index (χ0) is 33.1. The number of para-hydroxylation sites is 1. The van der Waals surface area contributed by atoms with E-state index in [2.05, 4.69) is 55.2 Å². The molecule has 254 valence electrons. The number of nitrogens with one attached hydrogen (secondary N) is 1. The monoisotopic (exact) mass is 771 g/mol. The zero-order valence-corrected chi connectivity index (χ0v) is 30.7. The fourth-order valence-electron chi connectivity index (χ4n) is 7.80. The Morgan fingerprint density at radius 1 is 0.872 bits per heavy atom. The average Bonchev–Trinajstić information content (AvgIpc) is 3.25. The number of benzene rings is 2. The maximum Gasteiger partial charge on any atom is 0.410 e. The SMILES string of the molecule is Cc1c(Br)cc(C[C@@H](OC(=O)N2CCC(N3CCc4ccccc4NC3=O)CC2)C(=O)N2CCC(C3CCN(C)CC3)CC2)cc1Br. The van der Waals surface area contributed by atoms with Gasteiger partial charge in [0.15, 0.2) is 6.10 Å². The molecule has 2 aromatic rings. The van der Waals surface area contributed by atoms with Crippen LogP contribution in [0.15, 0.2) is 45.3 Å². The largest absolute Gasteiger partial charge is 0.436 e. The smallest absolute Gasteiger partial charge is 0.410 e. The standard InChI is InChI=1S/C36H47Br2N5O4/c1-24-30(37)21-25(22-31(24)38)23-33(34(44)41-16-9-27(10-17-41)26-7-14-40(2)15-8-26)47-36(46)42-18-12-29(13-19-42)43-20-11-28-5-3-4-6-32(28)39-35(43)45/h3-6,21-22,26-27,29,33H,7-20,23H2,1-2H3,(H,39,45)/t33-/m1/s1. The van der Waals surface area contributed by atoms with Crippen LogP contribution in [0.4, 0.5) is 15.3 Å². The summed E-state index contributed by atoms with van der Waals surface area (Å²) in [5.41, 5.74) is 4.01. The molecule has 1 atom stereocenters. The van der Waals surface area contributed by atoms with E-state index in [4.69, 9.17) is 4.74 Å². The van der Waals surface area contributed by atoms with E-state index < -0.39 is 12.2 Å². The van der Waals surface area contributed by atoms with Crippen LogP contribution < -0.4 is 5.32 Å². The second-order valence-electron chi connectivity index (χ2n) is 13.8. The van der Waals surface area contributed by atoms with Gasteiger partial charge in [-0.1, -0.05) is 50.1 Å². The number of carbonyl (C=O) groups is 3. The lowest BCUT2D eigenvalue weighted by molar-refractivity contribution is -0.142. The Bertz CT molecular complexity index is 1430. The summed E-state index contributed by atoms with van der Waals surface area (Å²) >= 11 is 7.28. The molecule has 1 N–H and O–H groups in total. The summed E-state index contributed by atoms with van der Waals surface area (Å²) in [5.74, 6) is 1.28. The second-order valence-corrected chi connectivity index (χ2v) is 15.5. The molecule has 4 aliphatic rings. The molecule has 0 saturated carbocycles. The number of halogens is 2. The van der Waals surface area contributed by atoms with E-state index in [0.717, 1.165) is 69.6 Å². The lowest BCUT2D eigenvalue weighted by atomic mass is 9.79. The fraction of sp³-hybridized carbons (Fsp3) is 0.583. The van der Waals surface area contributed by atoms with Crippen molar-refractivity contribution in [1.29, 1.82) is 0 Å². The first-order valence-corrected chi connectivity index (χ1v) is 18.8. The third-order valence-corrected chi connectivity index (χ3v) is 12.5. The molecule has 0 spiro atoms. The predicted octanol–water partition coefficient (Wildman–Crippen LogP) is 6.70. The van der Waals surface area contributed by atoms with Crippen molar-refractivity contribution in [2.24, 2.45) is 11.8 Å². The summed E-state index contributed by atoms with van der Waals surface area (Å²) in [6.07, 6.45) is 5.55. The maximum atomic E-state index is 14.1. The number of nitrogens with zero attached hydrogens (tertiary/aromatic N) is 4. The van der Waals surface area contributed by atoms with Crippen LogP contribution >= 0.6 is 31.9 Å². The molecule has 0 aliphatic carbocycles. The van der Waals surface area contributed by atoms with Crippen molar-refractivity contribution in [3.05, 3.63) is 62.0 Å². The van der Waals surface area contributed by atoms with Crippen molar-refractivity contribution in [2.45, 2.75) is 70.4 Å². The number of fused-ring (bicyclic) bond motifs is 1. The number of urea groups is 1. The Hall–Kier alpha value is -2.63. The van der Waals surface area contributed by atoms with Gasteiger partial charge in [0.25, 0.3) is 5.91 Å². The number of hydrogen-bond acceptors (Lipinski definition) is 5. The van der Waals surface area contributed by atoms with Crippen molar-refractivity contribution in [3.63, 3.8) is 0 Å². The lowest BCUT2D eigenvalue weighted by Gasteiger charge is -2.40. The van der Waals surface area contributed by atoms with E-state index >= 15 is 0 Å². The normalized spacial score (nSPS) is 21.2. The van der Waals surface area contributed by atoms with E-state index in [1.807, 2.05) is 47.1 Å². The van der Waals surface area contributed by atoms with Gasteiger partial charge in [-0.05, 0) is 119 Å². The minimum absolute atomic E-state index is 0.0407. The summed E-state index contributed by atoms with van der Waals surface area (Å²) in [6, 6.07) is 11.9. The van der Waals surface area contributed by atoms with E-state index in [-0.39, 0.29) is 18.0 Å². The quantitative estimate of drug-likeness (QED) is 0.354. The van der Waals surface area contributed by atoms with Crippen LogP contribution in [0.25, 0.3) is 0 Å². The van der Waals surface area contributed by atoms with Crippen LogP contribution in [0.5, 0.6) is 0 Å². The molecule has 4 aliphatic heterocycles. The molecule has 11 heteroatoms. The highest BCUT2D eigenvalue weighted by atomic mass is 79.9. The van der Waals surface area contributed by atoms with Crippen LogP contribution in [0.1, 0.15) is 55.2 Å². The van der Waals surface area contributed by atoms with Gasteiger partial charge in [0.1, 0.15) is 0 Å². The Morgan fingerprint density at radius 2 is 1.47 bits per heavy atom. The molecule has 4 heterocycles. The number of amides is 4. The van der Waals surface area contributed by atoms with Crippen molar-refractivity contribution in [2.75, 3.05) is 58.2 Å². The van der Waals surface area contributed by atoms with Gasteiger partial charge in [0, 0.05) is 59.8 Å². The van der Waals surface area contributed by atoms with Crippen LogP contribution in [0.3, 0.4) is 0 Å². The number of piperidine rings is 3. The highest BCUT2D eigenvalue weighted by Crippen LogP contribution is 2.33. The molecule has 0 aromatic heterocycles. The molecule has 6 rings (SSSR count). The van der Waals surface area contributed by atoms with Gasteiger partial charge in [-0.15, -0.1) is 0 Å². The highest BCUT2D eigenvalue weighted by molar-refractivity contribution is 9.11. The van der Waals surface area contributed by atoms with Gasteiger partial charge in [0.2, 0.25) is 0 Å². The van der Waals surface area contributed by atoms with E-state index in [0.29, 0.717) is 57.9 Å². The van der Waals surface area contributed by atoms with Crippen molar-refractivity contribution >= 4 is 55.6 Å². The molecule has 0 unspecified atom stereocenters. The minimum atomic E-state index is -0.906. The number of likely N-dealkylation sites (tertiary alicyclic amines) is 3. The van der Waals surface area contributed by atoms with Gasteiger partial charge < -0.3 is 29.7 Å². The molecular formula is C36H47Br2N5O4. The first-order valence-electron chi connectivity index (χ1n) is 17.2. The summed E-state index contributed by atoms with van der Waals surface area (Å²) in [5, 5.41) is 3.06. The Kier molecular flexibility index (Phi) is 11.1. The van der Waals surface area contributed by atoms with Crippen molar-refractivity contribution < 1.29 is 19.1 Å². The van der Waals surface area contributed by atoms with E-state index in [1.54, 1.807) is 4.90 Å². The molecule has 0 radical (unpaired) electrons. The van der Waals surface area contributed by atoms with Gasteiger partial charge >= 0.3 is 12.1 Å². The number of ether oxygens (including phenoxy) is 1. The Labute approximate surface area is 295 Å². The Balaban J connectivity index is 1.08. The summed E-state index contributed by atoms with van der Waals surface area (Å²) in [7, 11) is 2.19. The second kappa shape index (κ2) is 15.3. The number of carbonyl (C=O) groups excluding carboxylic acids is 3. The summed E-state index contributed by atoms with van der Waals surface area (Å²) < 4.78 is 8.00. The van der Waals surface area contributed by atoms with Gasteiger partial charge in [-0.2, -0.15) is 0 Å². The average molecular weight is 774 g/mol. The molecule has 3 saturated heterocycles. The maximum absolute atomic E-state index is 14.1. The van der Waals surface area contributed by atoms with Gasteiger partial charge in [-0.25, -0.2) is 9.59 Å². The summed E-state index contributed by atoms with van der Waals surface area (Å²) in [6.45, 7) is 7.34. The number of rotatable bonds is 6. The molecule has 3 fully saturated rings. The molecule has 4 amide bonds. The molecule has 0 bridgehead atoms. The Morgan fingerprint density at radius 3 is 2.13 bits per heavy atom. The van der Waals surface area contributed by atoms with Crippen LogP contribution in [0, 0.1) is 18.8 Å². The first kappa shape index (κ1) is 34.2. The highest BCUT2D eigenvalue weighted by Gasteiger charge is 2.37. The van der Waals surface area contributed by atoms with Crippen LogP contribution in [-0.2, 0) is 22.4 Å². The van der Waals surface area contributed by atoms with Crippen LogP contribution in [0.2, 0.25) is 0 Å². The molecule has 9 nitrogen and oxygen atoms in total. The van der Waals surface area contributed by atoms with Gasteiger partial charge in [-0.3, -0.25) is 4.79 Å². The lowest BCUT2D eigenvalue weighted by Crippen LogP contribution is -2.52.